The predicted octanol–water partition coefficient (Wildman–Crippen LogP) is 1.07. The first kappa shape index (κ1) is 16.5. The van der Waals surface area contributed by atoms with Crippen molar-refractivity contribution in [3.05, 3.63) is 12.5 Å². The van der Waals surface area contributed by atoms with E-state index in [4.69, 9.17) is 0 Å². The molecule has 0 aromatic carbocycles. The summed E-state index contributed by atoms with van der Waals surface area (Å²) >= 11 is 0. The highest BCUT2D eigenvalue weighted by molar-refractivity contribution is 7.89. The van der Waals surface area contributed by atoms with Crippen LogP contribution in [0.2, 0.25) is 0 Å². The van der Waals surface area contributed by atoms with Gasteiger partial charge in [-0.05, 0) is 37.8 Å². The fraction of sp³-hybridized carbons (Fsp3) is 0.786. The van der Waals surface area contributed by atoms with Gasteiger partial charge < -0.3 is 9.88 Å². The lowest BCUT2D eigenvalue weighted by molar-refractivity contribution is 0.258. The van der Waals surface area contributed by atoms with Crippen LogP contribution in [0.4, 0.5) is 0 Å². The Balaban J connectivity index is 1.97. The Hall–Kier alpha value is -0.920. The van der Waals surface area contributed by atoms with Crippen LogP contribution in [0.25, 0.3) is 0 Å². The Bertz CT molecular complexity index is 553. The molecule has 2 rings (SSSR count). The zero-order chi connectivity index (χ0) is 15.5. The van der Waals surface area contributed by atoms with Gasteiger partial charge in [0, 0.05) is 26.3 Å². The normalized spacial score (nSPS) is 21.0. The third-order valence-electron chi connectivity index (χ3n) is 3.75. The average Bonchev–Trinajstić information content (AvgIpc) is 2.86. The highest BCUT2D eigenvalue weighted by atomic mass is 32.2. The summed E-state index contributed by atoms with van der Waals surface area (Å²) in [6.07, 6.45) is 5.09. The summed E-state index contributed by atoms with van der Waals surface area (Å²) in [7, 11) is -1.66. The number of rotatable bonds is 6. The van der Waals surface area contributed by atoms with Gasteiger partial charge in [-0.25, -0.2) is 13.4 Å². The molecule has 120 valence electrons. The van der Waals surface area contributed by atoms with Crippen molar-refractivity contribution in [3.63, 3.8) is 0 Å². The molecule has 0 amide bonds. The number of nitrogens with zero attached hydrogens (tertiary/aromatic N) is 3. The van der Waals surface area contributed by atoms with E-state index in [0.717, 1.165) is 25.9 Å². The molecule has 1 N–H and O–H groups in total. The van der Waals surface area contributed by atoms with Crippen LogP contribution in [-0.2, 0) is 17.1 Å². The van der Waals surface area contributed by atoms with Gasteiger partial charge in [-0.1, -0.05) is 13.8 Å². The third-order valence-corrected chi connectivity index (χ3v) is 5.50. The maximum absolute atomic E-state index is 12.6. The molecule has 1 aromatic heterocycles. The first-order valence-electron chi connectivity index (χ1n) is 7.58. The SMILES string of the molecule is CC(C)CNCC1CCCN(S(=O)(=O)c2cn(C)cn2)C1. The van der Waals surface area contributed by atoms with Crippen molar-refractivity contribution in [1.29, 1.82) is 0 Å². The van der Waals surface area contributed by atoms with Gasteiger partial charge in [0.05, 0.1) is 6.33 Å². The summed E-state index contributed by atoms with van der Waals surface area (Å²) in [5, 5.41) is 3.58. The van der Waals surface area contributed by atoms with Crippen LogP contribution >= 0.6 is 0 Å². The lowest BCUT2D eigenvalue weighted by Crippen LogP contribution is -2.43. The molecule has 6 nitrogen and oxygen atoms in total. The highest BCUT2D eigenvalue weighted by Gasteiger charge is 2.31. The molecule has 1 atom stereocenters. The number of hydrogen-bond donors (Lipinski definition) is 1. The molecule has 0 bridgehead atoms. The van der Waals surface area contributed by atoms with Crippen molar-refractivity contribution in [2.75, 3.05) is 26.2 Å². The quantitative estimate of drug-likeness (QED) is 0.853. The number of imidazole rings is 1. The number of sulfonamides is 1. The van der Waals surface area contributed by atoms with Gasteiger partial charge in [-0.15, -0.1) is 0 Å². The minimum atomic E-state index is -3.44. The summed E-state index contributed by atoms with van der Waals surface area (Å²) in [6, 6.07) is 0. The number of aromatic nitrogens is 2. The lowest BCUT2D eigenvalue weighted by Gasteiger charge is -2.31. The summed E-state index contributed by atoms with van der Waals surface area (Å²) in [5.74, 6) is 0.998. The number of piperidine rings is 1. The molecular formula is C14H26N4O2S. The van der Waals surface area contributed by atoms with E-state index in [0.29, 0.717) is 24.9 Å². The molecule has 0 aliphatic carbocycles. The lowest BCUT2D eigenvalue weighted by atomic mass is 9.99. The van der Waals surface area contributed by atoms with Gasteiger partial charge in [-0.3, -0.25) is 0 Å². The molecule has 0 saturated carbocycles. The molecule has 1 aliphatic heterocycles. The van der Waals surface area contributed by atoms with Crippen LogP contribution in [0.3, 0.4) is 0 Å². The number of nitrogens with one attached hydrogen (secondary N) is 1. The van der Waals surface area contributed by atoms with E-state index in [1.54, 1.807) is 22.1 Å². The van der Waals surface area contributed by atoms with Gasteiger partial charge >= 0.3 is 0 Å². The van der Waals surface area contributed by atoms with Crippen LogP contribution < -0.4 is 5.32 Å². The minimum absolute atomic E-state index is 0.154. The summed E-state index contributed by atoms with van der Waals surface area (Å²) in [6.45, 7) is 7.39. The zero-order valence-electron chi connectivity index (χ0n) is 13.1. The molecule has 1 fully saturated rings. The van der Waals surface area contributed by atoms with Crippen LogP contribution in [-0.4, -0.2) is 48.5 Å². The first-order valence-corrected chi connectivity index (χ1v) is 9.02. The monoisotopic (exact) mass is 314 g/mol. The van der Waals surface area contributed by atoms with E-state index in [9.17, 15) is 8.42 Å². The largest absolute Gasteiger partial charge is 0.339 e. The molecule has 7 heteroatoms. The van der Waals surface area contributed by atoms with Crippen molar-refractivity contribution in [2.45, 2.75) is 31.7 Å². The van der Waals surface area contributed by atoms with Crippen LogP contribution in [0, 0.1) is 11.8 Å². The van der Waals surface area contributed by atoms with Gasteiger partial charge in [0.2, 0.25) is 0 Å². The van der Waals surface area contributed by atoms with Gasteiger partial charge in [-0.2, -0.15) is 4.31 Å². The Morgan fingerprint density at radius 1 is 1.48 bits per heavy atom. The van der Waals surface area contributed by atoms with Crippen LogP contribution in [0.1, 0.15) is 26.7 Å². The summed E-state index contributed by atoms with van der Waals surface area (Å²) in [4.78, 5) is 3.99. The average molecular weight is 314 g/mol. The molecular weight excluding hydrogens is 288 g/mol. The van der Waals surface area contributed by atoms with Gasteiger partial charge in [0.25, 0.3) is 10.0 Å². The topological polar surface area (TPSA) is 67.2 Å². The number of hydrogen-bond acceptors (Lipinski definition) is 4. The number of aryl methyl sites for hydroxylation is 1. The van der Waals surface area contributed by atoms with Crippen molar-refractivity contribution in [2.24, 2.45) is 18.9 Å². The molecule has 2 heterocycles. The Morgan fingerprint density at radius 3 is 2.86 bits per heavy atom. The molecule has 0 radical (unpaired) electrons. The maximum atomic E-state index is 12.6. The fourth-order valence-corrected chi connectivity index (χ4v) is 4.16. The van der Waals surface area contributed by atoms with E-state index in [1.165, 1.54) is 6.33 Å². The Kier molecular flexibility index (Phi) is 5.40. The van der Waals surface area contributed by atoms with Crippen molar-refractivity contribution < 1.29 is 8.42 Å². The second kappa shape index (κ2) is 6.89. The third kappa shape index (κ3) is 4.28. The van der Waals surface area contributed by atoms with Crippen LogP contribution in [0.5, 0.6) is 0 Å². The Morgan fingerprint density at radius 2 is 2.24 bits per heavy atom. The van der Waals surface area contributed by atoms with Crippen LogP contribution in [0.15, 0.2) is 17.6 Å². The molecule has 0 spiro atoms. The second-order valence-electron chi connectivity index (χ2n) is 6.30. The van der Waals surface area contributed by atoms with Crippen molar-refractivity contribution in [3.8, 4) is 0 Å². The smallest absolute Gasteiger partial charge is 0.262 e. The van der Waals surface area contributed by atoms with E-state index in [2.05, 4.69) is 24.1 Å². The highest BCUT2D eigenvalue weighted by Crippen LogP contribution is 2.22. The van der Waals surface area contributed by atoms with E-state index in [-0.39, 0.29) is 5.03 Å². The molecule has 1 aromatic rings. The molecule has 21 heavy (non-hydrogen) atoms. The van der Waals surface area contributed by atoms with Gasteiger partial charge in [0.1, 0.15) is 0 Å². The van der Waals surface area contributed by atoms with E-state index < -0.39 is 10.0 Å². The maximum Gasteiger partial charge on any atom is 0.262 e. The zero-order valence-corrected chi connectivity index (χ0v) is 13.9. The summed E-state index contributed by atoms with van der Waals surface area (Å²) in [5.41, 5.74) is 0. The van der Waals surface area contributed by atoms with Crippen molar-refractivity contribution in [1.82, 2.24) is 19.2 Å². The standard InChI is InChI=1S/C14H26N4O2S/c1-12(2)7-15-8-13-5-4-6-18(9-13)21(19,20)14-10-17(3)11-16-14/h10-13,15H,4-9H2,1-3H3. The molecule has 1 saturated heterocycles. The molecule has 1 unspecified atom stereocenters. The van der Waals surface area contributed by atoms with E-state index >= 15 is 0 Å². The second-order valence-corrected chi connectivity index (χ2v) is 8.19. The van der Waals surface area contributed by atoms with Gasteiger partial charge in [0.15, 0.2) is 5.03 Å². The molecule has 1 aliphatic rings. The van der Waals surface area contributed by atoms with E-state index in [1.807, 2.05) is 0 Å². The first-order chi connectivity index (χ1) is 9.89. The van der Waals surface area contributed by atoms with Crippen molar-refractivity contribution >= 4 is 10.0 Å². The predicted molar refractivity (Wildman–Crippen MR) is 82.4 cm³/mol. The summed E-state index contributed by atoms with van der Waals surface area (Å²) < 4.78 is 28.4. The fourth-order valence-electron chi connectivity index (χ4n) is 2.64. The minimum Gasteiger partial charge on any atom is -0.339 e. The Labute approximate surface area is 127 Å².